The van der Waals surface area contributed by atoms with Gasteiger partial charge in [0.05, 0.1) is 20.6 Å². The molecule has 13 heteroatoms. The third-order valence-electron chi connectivity index (χ3n) is 6.68. The molecule has 0 bridgehead atoms. The van der Waals surface area contributed by atoms with E-state index in [2.05, 4.69) is 5.32 Å². The van der Waals surface area contributed by atoms with Crippen molar-refractivity contribution in [1.29, 1.82) is 0 Å². The van der Waals surface area contributed by atoms with Gasteiger partial charge in [-0.05, 0) is 66.9 Å². The average Bonchev–Trinajstić information content (AvgIpc) is 2.98. The second kappa shape index (κ2) is 13.8. The molecule has 0 aliphatic carbocycles. The van der Waals surface area contributed by atoms with Crippen LogP contribution >= 0.6 is 23.2 Å². The Morgan fingerprint density at radius 1 is 0.930 bits per heavy atom. The summed E-state index contributed by atoms with van der Waals surface area (Å²) in [6.07, 6.45) is 0. The topological polar surface area (TPSA) is 105 Å². The van der Waals surface area contributed by atoms with E-state index in [9.17, 15) is 22.4 Å². The maximum atomic E-state index is 14.0. The van der Waals surface area contributed by atoms with Crippen LogP contribution in [0.3, 0.4) is 0 Å². The molecule has 9 nitrogen and oxygen atoms in total. The maximum absolute atomic E-state index is 14.0. The minimum absolute atomic E-state index is 0.0519. The lowest BCUT2D eigenvalue weighted by Crippen LogP contribution is -2.51. The molecule has 0 radical (unpaired) electrons. The van der Waals surface area contributed by atoms with E-state index in [1.165, 1.54) is 35.2 Å². The Balaban J connectivity index is 1.71. The molecule has 230 valence electrons. The van der Waals surface area contributed by atoms with Crippen LogP contribution in [-0.4, -0.2) is 57.5 Å². The SMILES string of the molecule is CC(C)CNC(=O)C(C)N(Cc1ccc(Cl)c(Cl)c1)C(=O)CN(c1ccc(F)cc1)S(=O)(=O)c1ccc2c(c1)OCCO2. The van der Waals surface area contributed by atoms with Crippen LogP contribution in [-0.2, 0) is 26.2 Å². The number of rotatable bonds is 11. The fraction of sp³-hybridized carbons (Fsp3) is 0.333. The van der Waals surface area contributed by atoms with Gasteiger partial charge in [0.25, 0.3) is 10.0 Å². The quantitative estimate of drug-likeness (QED) is 0.302. The Hall–Kier alpha value is -3.54. The zero-order chi connectivity index (χ0) is 31.3. The molecule has 0 aromatic heterocycles. The molecule has 3 aromatic carbocycles. The molecule has 4 rings (SSSR count). The Morgan fingerprint density at radius 2 is 1.60 bits per heavy atom. The predicted octanol–water partition coefficient (Wildman–Crippen LogP) is 5.29. The highest BCUT2D eigenvalue weighted by Gasteiger charge is 2.33. The van der Waals surface area contributed by atoms with Gasteiger partial charge in [-0.1, -0.05) is 43.1 Å². The molecule has 3 aromatic rings. The molecule has 1 unspecified atom stereocenters. The lowest BCUT2D eigenvalue weighted by Gasteiger charge is -2.32. The standard InChI is InChI=1S/C30H32Cl2FN3O6S/c1-19(2)16-34-30(38)20(3)35(17-21-4-10-25(31)26(32)14-21)29(37)18-36(23-7-5-22(33)6-8-23)43(39,40)24-9-11-27-28(15-24)42-13-12-41-27/h4-11,14-15,19-20H,12-13,16-18H2,1-3H3,(H,34,38). The summed E-state index contributed by atoms with van der Waals surface area (Å²) in [6.45, 7) is 5.64. The first-order valence-electron chi connectivity index (χ1n) is 13.6. The number of hydrogen-bond acceptors (Lipinski definition) is 6. The molecule has 43 heavy (non-hydrogen) atoms. The summed E-state index contributed by atoms with van der Waals surface area (Å²) in [5, 5.41) is 3.40. The van der Waals surface area contributed by atoms with Crippen LogP contribution in [0.1, 0.15) is 26.3 Å². The number of carbonyl (C=O) groups excluding carboxylic acids is 2. The van der Waals surface area contributed by atoms with E-state index < -0.39 is 40.2 Å². The van der Waals surface area contributed by atoms with Crippen LogP contribution in [0.5, 0.6) is 11.5 Å². The first-order chi connectivity index (χ1) is 20.4. The van der Waals surface area contributed by atoms with Crippen LogP contribution in [0.2, 0.25) is 10.0 Å². The average molecular weight is 653 g/mol. The van der Waals surface area contributed by atoms with E-state index in [4.69, 9.17) is 32.7 Å². The fourth-order valence-electron chi connectivity index (χ4n) is 4.32. The monoisotopic (exact) mass is 651 g/mol. The van der Waals surface area contributed by atoms with Crippen molar-refractivity contribution in [2.24, 2.45) is 5.92 Å². The Kier molecular flexibility index (Phi) is 10.4. The van der Waals surface area contributed by atoms with Gasteiger partial charge < -0.3 is 19.7 Å². The number of anilines is 1. The molecule has 1 aliphatic heterocycles. The normalized spacial score (nSPS) is 13.4. The van der Waals surface area contributed by atoms with E-state index in [-0.39, 0.29) is 40.4 Å². The summed E-state index contributed by atoms with van der Waals surface area (Å²) in [7, 11) is -4.39. The number of fused-ring (bicyclic) bond motifs is 1. The molecule has 1 aliphatic rings. The van der Waals surface area contributed by atoms with Gasteiger partial charge >= 0.3 is 0 Å². The summed E-state index contributed by atoms with van der Waals surface area (Å²) >= 11 is 12.3. The van der Waals surface area contributed by atoms with Gasteiger partial charge in [-0.2, -0.15) is 0 Å². The second-order valence-corrected chi connectivity index (χ2v) is 13.1. The number of nitrogens with zero attached hydrogens (tertiary/aromatic N) is 2. The first kappa shape index (κ1) is 32.4. The highest BCUT2D eigenvalue weighted by atomic mass is 35.5. The minimum atomic E-state index is -4.39. The molecule has 1 N–H and O–H groups in total. The molecule has 0 fully saturated rings. The first-order valence-corrected chi connectivity index (χ1v) is 15.8. The molecule has 1 atom stereocenters. The summed E-state index contributed by atoms with van der Waals surface area (Å²) in [6, 6.07) is 12.7. The summed E-state index contributed by atoms with van der Waals surface area (Å²) in [5.74, 6) is -0.865. The molecule has 0 saturated heterocycles. The lowest BCUT2D eigenvalue weighted by molar-refractivity contribution is -0.139. The molecule has 0 saturated carbocycles. The van der Waals surface area contributed by atoms with Crippen LogP contribution < -0.4 is 19.1 Å². The second-order valence-electron chi connectivity index (χ2n) is 10.4. The van der Waals surface area contributed by atoms with Crippen molar-refractivity contribution in [3.63, 3.8) is 0 Å². The summed E-state index contributed by atoms with van der Waals surface area (Å²) < 4.78 is 53.9. The number of sulfonamides is 1. The van der Waals surface area contributed by atoms with Crippen molar-refractivity contribution < 1.29 is 31.9 Å². The van der Waals surface area contributed by atoms with Gasteiger partial charge in [-0.25, -0.2) is 12.8 Å². The van der Waals surface area contributed by atoms with Crippen LogP contribution in [0.15, 0.2) is 65.6 Å². The minimum Gasteiger partial charge on any atom is -0.486 e. The Bertz CT molecular complexity index is 1590. The number of amides is 2. The highest BCUT2D eigenvalue weighted by Crippen LogP contribution is 2.34. The largest absolute Gasteiger partial charge is 0.486 e. The Morgan fingerprint density at radius 3 is 2.26 bits per heavy atom. The number of benzene rings is 3. The van der Waals surface area contributed by atoms with Crippen LogP contribution in [0, 0.1) is 11.7 Å². The van der Waals surface area contributed by atoms with Gasteiger partial charge in [0.2, 0.25) is 11.8 Å². The zero-order valence-corrected chi connectivity index (χ0v) is 26.2. The van der Waals surface area contributed by atoms with E-state index >= 15 is 0 Å². The van der Waals surface area contributed by atoms with Gasteiger partial charge in [0, 0.05) is 19.2 Å². The van der Waals surface area contributed by atoms with E-state index in [1.807, 2.05) is 13.8 Å². The van der Waals surface area contributed by atoms with Crippen molar-refractivity contribution in [3.05, 3.63) is 82.1 Å². The highest BCUT2D eigenvalue weighted by molar-refractivity contribution is 7.92. The number of nitrogens with one attached hydrogen (secondary N) is 1. The van der Waals surface area contributed by atoms with Crippen LogP contribution in [0.25, 0.3) is 0 Å². The van der Waals surface area contributed by atoms with Crippen molar-refractivity contribution in [3.8, 4) is 11.5 Å². The van der Waals surface area contributed by atoms with E-state index in [0.29, 0.717) is 29.5 Å². The van der Waals surface area contributed by atoms with Crippen molar-refractivity contribution in [1.82, 2.24) is 10.2 Å². The third-order valence-corrected chi connectivity index (χ3v) is 9.19. The van der Waals surface area contributed by atoms with Crippen molar-refractivity contribution in [2.75, 3.05) is 30.6 Å². The van der Waals surface area contributed by atoms with Crippen molar-refractivity contribution >= 4 is 50.7 Å². The zero-order valence-electron chi connectivity index (χ0n) is 23.8. The van der Waals surface area contributed by atoms with E-state index in [0.717, 1.165) is 16.4 Å². The number of carbonyl (C=O) groups is 2. The molecular formula is C30H32Cl2FN3O6S. The molecular weight excluding hydrogens is 620 g/mol. The molecule has 0 spiro atoms. The van der Waals surface area contributed by atoms with Gasteiger partial charge in [0.15, 0.2) is 11.5 Å². The molecule has 1 heterocycles. The Labute approximate surface area is 260 Å². The predicted molar refractivity (Wildman–Crippen MR) is 163 cm³/mol. The maximum Gasteiger partial charge on any atom is 0.264 e. The fourth-order valence-corrected chi connectivity index (χ4v) is 6.07. The van der Waals surface area contributed by atoms with Crippen LogP contribution in [0.4, 0.5) is 10.1 Å². The third kappa shape index (κ3) is 7.90. The molecule has 2 amide bonds. The van der Waals surface area contributed by atoms with Gasteiger partial charge in [-0.15, -0.1) is 0 Å². The van der Waals surface area contributed by atoms with E-state index in [1.54, 1.807) is 25.1 Å². The van der Waals surface area contributed by atoms with Gasteiger partial charge in [0.1, 0.15) is 31.6 Å². The number of hydrogen-bond donors (Lipinski definition) is 1. The smallest absolute Gasteiger partial charge is 0.264 e. The lowest BCUT2D eigenvalue weighted by atomic mass is 10.1. The number of halogens is 3. The number of ether oxygens (including phenoxy) is 2. The summed E-state index contributed by atoms with van der Waals surface area (Å²) in [5.41, 5.74) is 0.630. The summed E-state index contributed by atoms with van der Waals surface area (Å²) in [4.78, 5) is 28.2. The van der Waals surface area contributed by atoms with Gasteiger partial charge in [-0.3, -0.25) is 13.9 Å². The van der Waals surface area contributed by atoms with Crippen molar-refractivity contribution in [2.45, 2.75) is 38.3 Å².